The predicted molar refractivity (Wildman–Crippen MR) is 73.1 cm³/mol. The molecule has 2 rings (SSSR count). The van der Waals surface area contributed by atoms with Crippen LogP contribution in [0.15, 0.2) is 24.3 Å². The van der Waals surface area contributed by atoms with E-state index in [2.05, 4.69) is 18.7 Å². The van der Waals surface area contributed by atoms with Crippen molar-refractivity contribution in [2.24, 2.45) is 0 Å². The average molecular weight is 247 g/mol. The summed E-state index contributed by atoms with van der Waals surface area (Å²) in [5, 5.41) is 10.1. The van der Waals surface area contributed by atoms with Crippen molar-refractivity contribution in [2.75, 3.05) is 11.4 Å². The third-order valence-corrected chi connectivity index (χ3v) is 3.96. The molecular weight excluding hydrogens is 226 g/mol. The lowest BCUT2D eigenvalue weighted by molar-refractivity contribution is 0.0711. The van der Waals surface area contributed by atoms with Crippen LogP contribution < -0.4 is 4.90 Å². The number of carbonyl (C=O) groups is 1. The minimum absolute atomic E-state index is 0.0829. The molecule has 1 N–H and O–H groups in total. The van der Waals surface area contributed by atoms with E-state index in [0.717, 1.165) is 30.6 Å². The number of ketones is 1. The number of nitrogens with zero attached hydrogens (tertiary/aromatic N) is 1. The number of aliphatic hydroxyl groups is 1. The number of rotatable bonds is 2. The third kappa shape index (κ3) is 2.27. The summed E-state index contributed by atoms with van der Waals surface area (Å²) in [6.07, 6.45) is 1.55. The number of anilines is 1. The molecule has 0 amide bonds. The molecule has 1 aromatic rings. The third-order valence-electron chi connectivity index (χ3n) is 3.96. The molecule has 18 heavy (non-hydrogen) atoms. The van der Waals surface area contributed by atoms with Gasteiger partial charge in [0.15, 0.2) is 5.78 Å². The van der Waals surface area contributed by atoms with Crippen LogP contribution >= 0.6 is 0 Å². The second-order valence-corrected chi connectivity index (χ2v) is 5.57. The monoisotopic (exact) mass is 247 g/mol. The average Bonchev–Trinajstić information content (AvgIpc) is 2.33. The Balaban J connectivity index is 2.27. The normalized spacial score (nSPS) is 22.9. The van der Waals surface area contributed by atoms with Crippen LogP contribution in [0.2, 0.25) is 0 Å². The lowest BCUT2D eigenvalue weighted by Gasteiger charge is -2.47. The van der Waals surface area contributed by atoms with Crippen LogP contribution in [0.3, 0.4) is 0 Å². The maximum absolute atomic E-state index is 11.3. The van der Waals surface area contributed by atoms with Gasteiger partial charge in [-0.1, -0.05) is 0 Å². The number of benzene rings is 1. The highest BCUT2D eigenvalue weighted by atomic mass is 16.3. The van der Waals surface area contributed by atoms with Gasteiger partial charge in [0.25, 0.3) is 0 Å². The smallest absolute Gasteiger partial charge is 0.159 e. The molecule has 0 saturated carbocycles. The van der Waals surface area contributed by atoms with Gasteiger partial charge in [0.1, 0.15) is 0 Å². The predicted octanol–water partition coefficient (Wildman–Crippen LogP) is 2.63. The van der Waals surface area contributed by atoms with Crippen molar-refractivity contribution in [3.8, 4) is 0 Å². The maximum Gasteiger partial charge on any atom is 0.159 e. The van der Waals surface area contributed by atoms with Crippen molar-refractivity contribution in [3.63, 3.8) is 0 Å². The number of hydrogen-bond acceptors (Lipinski definition) is 3. The fourth-order valence-corrected chi connectivity index (χ4v) is 2.60. The summed E-state index contributed by atoms with van der Waals surface area (Å²) < 4.78 is 0. The van der Waals surface area contributed by atoms with E-state index in [1.165, 1.54) is 0 Å². The van der Waals surface area contributed by atoms with Crippen LogP contribution in [0, 0.1) is 0 Å². The van der Waals surface area contributed by atoms with Gasteiger partial charge in [-0.05, 0) is 57.9 Å². The first-order valence-electron chi connectivity index (χ1n) is 6.49. The van der Waals surface area contributed by atoms with E-state index in [1.54, 1.807) is 6.92 Å². The standard InChI is InChI=1S/C15H21NO2/c1-11(17)12-6-8-13(9-7-12)16-10-4-5-14(18)15(16,2)3/h6-9,14,18H,4-5,10H2,1-3H3. The molecule has 0 aromatic heterocycles. The molecule has 1 aromatic carbocycles. The van der Waals surface area contributed by atoms with Crippen LogP contribution in [0.4, 0.5) is 5.69 Å². The van der Waals surface area contributed by atoms with Crippen LogP contribution in [-0.4, -0.2) is 29.1 Å². The zero-order chi connectivity index (χ0) is 13.3. The Morgan fingerprint density at radius 3 is 2.50 bits per heavy atom. The second-order valence-electron chi connectivity index (χ2n) is 5.57. The summed E-state index contributed by atoms with van der Waals surface area (Å²) in [7, 11) is 0. The fraction of sp³-hybridized carbons (Fsp3) is 0.533. The molecule has 1 aliphatic rings. The first-order valence-corrected chi connectivity index (χ1v) is 6.49. The Bertz CT molecular complexity index is 436. The highest BCUT2D eigenvalue weighted by molar-refractivity contribution is 5.94. The summed E-state index contributed by atoms with van der Waals surface area (Å²) in [5.74, 6) is 0.0829. The van der Waals surface area contributed by atoms with E-state index >= 15 is 0 Å². The maximum atomic E-state index is 11.3. The Hall–Kier alpha value is -1.35. The fourth-order valence-electron chi connectivity index (χ4n) is 2.60. The quantitative estimate of drug-likeness (QED) is 0.817. The molecule has 1 saturated heterocycles. The van der Waals surface area contributed by atoms with Crippen molar-refractivity contribution in [1.82, 2.24) is 0 Å². The number of carbonyl (C=O) groups excluding carboxylic acids is 1. The van der Waals surface area contributed by atoms with Gasteiger partial charge < -0.3 is 10.0 Å². The molecule has 0 radical (unpaired) electrons. The Morgan fingerprint density at radius 2 is 1.94 bits per heavy atom. The zero-order valence-electron chi connectivity index (χ0n) is 11.3. The summed E-state index contributed by atoms with van der Waals surface area (Å²) >= 11 is 0. The molecule has 1 atom stereocenters. The van der Waals surface area contributed by atoms with Crippen LogP contribution in [0.25, 0.3) is 0 Å². The van der Waals surface area contributed by atoms with E-state index in [0.29, 0.717) is 0 Å². The van der Waals surface area contributed by atoms with Gasteiger partial charge in [0, 0.05) is 17.8 Å². The van der Waals surface area contributed by atoms with Crippen molar-refractivity contribution in [2.45, 2.75) is 45.3 Å². The van der Waals surface area contributed by atoms with Gasteiger partial charge in [-0.3, -0.25) is 4.79 Å². The molecule has 0 bridgehead atoms. The molecule has 3 nitrogen and oxygen atoms in total. The molecule has 1 unspecified atom stereocenters. The lowest BCUT2D eigenvalue weighted by Crippen LogP contribution is -2.56. The van der Waals surface area contributed by atoms with Crippen molar-refractivity contribution in [3.05, 3.63) is 29.8 Å². The molecule has 3 heteroatoms. The number of aliphatic hydroxyl groups excluding tert-OH is 1. The van der Waals surface area contributed by atoms with Gasteiger partial charge >= 0.3 is 0 Å². The van der Waals surface area contributed by atoms with E-state index in [4.69, 9.17) is 0 Å². The highest BCUT2D eigenvalue weighted by Gasteiger charge is 2.37. The van der Waals surface area contributed by atoms with Gasteiger partial charge in [-0.25, -0.2) is 0 Å². The van der Waals surface area contributed by atoms with Crippen molar-refractivity contribution < 1.29 is 9.90 Å². The van der Waals surface area contributed by atoms with Crippen LogP contribution in [0.5, 0.6) is 0 Å². The molecule has 98 valence electrons. The van der Waals surface area contributed by atoms with E-state index in [1.807, 2.05) is 24.3 Å². The minimum Gasteiger partial charge on any atom is -0.391 e. The van der Waals surface area contributed by atoms with Gasteiger partial charge in [0.2, 0.25) is 0 Å². The summed E-state index contributed by atoms with van der Waals surface area (Å²) in [6.45, 7) is 6.65. The second kappa shape index (κ2) is 4.73. The first kappa shape index (κ1) is 13.1. The topological polar surface area (TPSA) is 40.5 Å². The Labute approximate surface area is 108 Å². The van der Waals surface area contributed by atoms with Gasteiger partial charge in [-0.2, -0.15) is 0 Å². The molecule has 1 aliphatic heterocycles. The zero-order valence-corrected chi connectivity index (χ0v) is 11.3. The molecule has 0 spiro atoms. The molecule has 0 aliphatic carbocycles. The van der Waals surface area contributed by atoms with Crippen molar-refractivity contribution >= 4 is 11.5 Å². The first-order chi connectivity index (χ1) is 8.43. The van der Waals surface area contributed by atoms with Gasteiger partial charge in [-0.15, -0.1) is 0 Å². The molecule has 1 fully saturated rings. The van der Waals surface area contributed by atoms with Gasteiger partial charge in [0.05, 0.1) is 11.6 Å². The van der Waals surface area contributed by atoms with Crippen molar-refractivity contribution in [1.29, 1.82) is 0 Å². The largest absolute Gasteiger partial charge is 0.391 e. The molecular formula is C15H21NO2. The molecule has 1 heterocycles. The number of piperidine rings is 1. The number of hydrogen-bond donors (Lipinski definition) is 1. The Morgan fingerprint density at radius 1 is 1.33 bits per heavy atom. The van der Waals surface area contributed by atoms with Crippen LogP contribution in [0.1, 0.15) is 44.0 Å². The summed E-state index contributed by atoms with van der Waals surface area (Å²) in [6, 6.07) is 7.65. The Kier molecular flexibility index (Phi) is 3.44. The van der Waals surface area contributed by atoms with E-state index in [-0.39, 0.29) is 17.4 Å². The SMILES string of the molecule is CC(=O)c1ccc(N2CCCC(O)C2(C)C)cc1. The summed E-state index contributed by atoms with van der Waals surface area (Å²) in [4.78, 5) is 13.5. The minimum atomic E-state index is -0.307. The van der Waals surface area contributed by atoms with Crippen LogP contribution in [-0.2, 0) is 0 Å². The van der Waals surface area contributed by atoms with E-state index < -0.39 is 0 Å². The number of Topliss-reactive ketones (excluding diaryl/α,β-unsaturated/α-hetero) is 1. The highest BCUT2D eigenvalue weighted by Crippen LogP contribution is 2.32. The lowest BCUT2D eigenvalue weighted by atomic mass is 9.86. The van der Waals surface area contributed by atoms with E-state index in [9.17, 15) is 9.90 Å². The summed E-state index contributed by atoms with van der Waals surface area (Å²) in [5.41, 5.74) is 1.55.